The monoisotopic (exact) mass is 274 g/mol. The number of benzene rings is 1. The van der Waals surface area contributed by atoms with Crippen LogP contribution >= 0.6 is 0 Å². The summed E-state index contributed by atoms with van der Waals surface area (Å²) < 4.78 is 19.4. The third kappa shape index (κ3) is 3.78. The number of aryl methyl sites for hydroxylation is 1. The maximum atomic E-state index is 13.8. The minimum absolute atomic E-state index is 0.249. The van der Waals surface area contributed by atoms with Crippen LogP contribution < -0.4 is 10.5 Å². The molecule has 0 fully saturated rings. The highest BCUT2D eigenvalue weighted by Gasteiger charge is 2.12. The van der Waals surface area contributed by atoms with E-state index in [-0.39, 0.29) is 17.6 Å². The van der Waals surface area contributed by atoms with E-state index < -0.39 is 0 Å². The van der Waals surface area contributed by atoms with Gasteiger partial charge < -0.3 is 10.5 Å². The zero-order chi connectivity index (χ0) is 14.4. The van der Waals surface area contributed by atoms with Gasteiger partial charge in [0.15, 0.2) is 11.6 Å². The molecule has 0 radical (unpaired) electrons. The number of hydrogen-bond donors (Lipinski definition) is 1. The van der Waals surface area contributed by atoms with Crippen LogP contribution in [0.3, 0.4) is 0 Å². The van der Waals surface area contributed by atoms with Gasteiger partial charge in [-0.25, -0.2) is 4.39 Å². The summed E-state index contributed by atoms with van der Waals surface area (Å²) in [5.74, 6) is -0.0825. The number of nitrogens with zero attached hydrogens (tertiary/aromatic N) is 1. The fourth-order valence-corrected chi connectivity index (χ4v) is 2.04. The van der Waals surface area contributed by atoms with Crippen LogP contribution in [-0.2, 0) is 6.42 Å². The van der Waals surface area contributed by atoms with Gasteiger partial charge in [0.2, 0.25) is 0 Å². The minimum Gasteiger partial charge on any atom is -0.490 e. The van der Waals surface area contributed by atoms with E-state index in [9.17, 15) is 4.39 Å². The van der Waals surface area contributed by atoms with Crippen LogP contribution in [0.1, 0.15) is 30.5 Å². The molecular weight excluding hydrogens is 255 g/mol. The largest absolute Gasteiger partial charge is 0.490 e. The van der Waals surface area contributed by atoms with Crippen molar-refractivity contribution >= 4 is 0 Å². The van der Waals surface area contributed by atoms with Gasteiger partial charge in [0.1, 0.15) is 0 Å². The van der Waals surface area contributed by atoms with E-state index >= 15 is 0 Å². The predicted octanol–water partition coefficient (Wildman–Crippen LogP) is 3.25. The Morgan fingerprint density at radius 3 is 2.70 bits per heavy atom. The number of halogens is 1. The van der Waals surface area contributed by atoms with E-state index in [2.05, 4.69) is 4.98 Å². The first-order chi connectivity index (χ1) is 9.68. The fraction of sp³-hybridized carbons (Fsp3) is 0.312. The quantitative estimate of drug-likeness (QED) is 0.823. The standard InChI is InChI=1S/C16H19FN2O/c1-12(18)14-5-2-6-15(17)16(14)20-11-3-4-13-7-9-19-10-8-13/h2,5-10,12H,3-4,11,18H2,1H3/t12-/m1/s1. The lowest BCUT2D eigenvalue weighted by molar-refractivity contribution is 0.291. The van der Waals surface area contributed by atoms with E-state index in [0.29, 0.717) is 12.2 Å². The van der Waals surface area contributed by atoms with Crippen LogP contribution in [0.2, 0.25) is 0 Å². The van der Waals surface area contributed by atoms with E-state index in [1.807, 2.05) is 19.1 Å². The Bertz CT molecular complexity index is 543. The lowest BCUT2D eigenvalue weighted by Crippen LogP contribution is -2.10. The van der Waals surface area contributed by atoms with Crippen molar-refractivity contribution in [2.75, 3.05) is 6.61 Å². The van der Waals surface area contributed by atoms with Crippen LogP contribution in [0, 0.1) is 5.82 Å². The van der Waals surface area contributed by atoms with E-state index in [4.69, 9.17) is 10.5 Å². The molecule has 4 heteroatoms. The molecule has 0 bridgehead atoms. The van der Waals surface area contributed by atoms with E-state index in [1.165, 1.54) is 11.6 Å². The SMILES string of the molecule is C[C@@H](N)c1cccc(F)c1OCCCc1ccncc1. The van der Waals surface area contributed by atoms with Crippen molar-refractivity contribution in [2.24, 2.45) is 5.73 Å². The van der Waals surface area contributed by atoms with Gasteiger partial charge in [-0.3, -0.25) is 4.98 Å². The molecule has 0 aliphatic rings. The van der Waals surface area contributed by atoms with Gasteiger partial charge in [0.25, 0.3) is 0 Å². The maximum Gasteiger partial charge on any atom is 0.165 e. The number of aromatic nitrogens is 1. The van der Waals surface area contributed by atoms with Gasteiger partial charge in [-0.2, -0.15) is 0 Å². The van der Waals surface area contributed by atoms with Crippen molar-refractivity contribution in [2.45, 2.75) is 25.8 Å². The summed E-state index contributed by atoms with van der Waals surface area (Å²) in [5, 5.41) is 0. The third-order valence-corrected chi connectivity index (χ3v) is 3.09. The molecule has 0 aliphatic heterocycles. The van der Waals surface area contributed by atoms with Gasteiger partial charge >= 0.3 is 0 Å². The van der Waals surface area contributed by atoms with Crippen LogP contribution in [0.5, 0.6) is 5.75 Å². The molecule has 3 nitrogen and oxygen atoms in total. The van der Waals surface area contributed by atoms with Gasteiger partial charge in [-0.15, -0.1) is 0 Å². The number of hydrogen-bond acceptors (Lipinski definition) is 3. The molecule has 0 saturated heterocycles. The molecule has 1 heterocycles. The molecule has 0 unspecified atom stereocenters. The van der Waals surface area contributed by atoms with Gasteiger partial charge in [0.05, 0.1) is 6.61 Å². The zero-order valence-corrected chi connectivity index (χ0v) is 11.6. The Labute approximate surface area is 118 Å². The molecule has 2 aromatic rings. The second kappa shape index (κ2) is 7.01. The van der Waals surface area contributed by atoms with Gasteiger partial charge in [-0.1, -0.05) is 12.1 Å². The highest BCUT2D eigenvalue weighted by molar-refractivity contribution is 5.36. The molecule has 106 valence electrons. The highest BCUT2D eigenvalue weighted by Crippen LogP contribution is 2.27. The molecule has 1 aromatic carbocycles. The summed E-state index contributed by atoms with van der Waals surface area (Å²) in [7, 11) is 0. The number of nitrogens with two attached hydrogens (primary N) is 1. The van der Waals surface area contributed by atoms with Crippen LogP contribution in [0.25, 0.3) is 0 Å². The minimum atomic E-state index is -0.358. The Morgan fingerprint density at radius 1 is 1.25 bits per heavy atom. The molecule has 0 amide bonds. The summed E-state index contributed by atoms with van der Waals surface area (Å²) >= 11 is 0. The topological polar surface area (TPSA) is 48.1 Å². The Hall–Kier alpha value is -1.94. The van der Waals surface area contributed by atoms with Crippen molar-refractivity contribution in [3.63, 3.8) is 0 Å². The second-order valence-electron chi connectivity index (χ2n) is 4.75. The molecular formula is C16H19FN2O. The second-order valence-corrected chi connectivity index (χ2v) is 4.75. The Balaban J connectivity index is 1.91. The highest BCUT2D eigenvalue weighted by atomic mass is 19.1. The zero-order valence-electron chi connectivity index (χ0n) is 11.6. The normalized spacial score (nSPS) is 12.2. The summed E-state index contributed by atoms with van der Waals surface area (Å²) in [6.45, 7) is 2.28. The lowest BCUT2D eigenvalue weighted by Gasteiger charge is -2.14. The first-order valence-corrected chi connectivity index (χ1v) is 6.74. The van der Waals surface area contributed by atoms with E-state index in [0.717, 1.165) is 12.8 Å². The average Bonchev–Trinajstić information content (AvgIpc) is 2.45. The molecule has 1 aromatic heterocycles. The van der Waals surface area contributed by atoms with Crippen LogP contribution in [0.4, 0.5) is 4.39 Å². The molecule has 2 N–H and O–H groups in total. The summed E-state index contributed by atoms with van der Waals surface area (Å²) in [5.41, 5.74) is 7.73. The summed E-state index contributed by atoms with van der Waals surface area (Å²) in [6, 6.07) is 8.53. The van der Waals surface area contributed by atoms with Crippen molar-refractivity contribution in [1.82, 2.24) is 4.98 Å². The number of rotatable bonds is 6. The molecule has 0 aliphatic carbocycles. The number of para-hydroxylation sites is 1. The van der Waals surface area contributed by atoms with Gasteiger partial charge in [-0.05, 0) is 43.5 Å². The Morgan fingerprint density at radius 2 is 2.00 bits per heavy atom. The van der Waals surface area contributed by atoms with Crippen LogP contribution in [0.15, 0.2) is 42.7 Å². The molecule has 0 saturated carbocycles. The third-order valence-electron chi connectivity index (χ3n) is 3.09. The van der Waals surface area contributed by atoms with Crippen molar-refractivity contribution in [3.8, 4) is 5.75 Å². The fourth-order valence-electron chi connectivity index (χ4n) is 2.04. The molecule has 2 rings (SSSR count). The smallest absolute Gasteiger partial charge is 0.165 e. The Kier molecular flexibility index (Phi) is 5.07. The molecule has 20 heavy (non-hydrogen) atoms. The molecule has 0 spiro atoms. The molecule has 1 atom stereocenters. The van der Waals surface area contributed by atoms with Gasteiger partial charge in [0, 0.05) is 24.0 Å². The van der Waals surface area contributed by atoms with Crippen molar-refractivity contribution in [3.05, 3.63) is 59.7 Å². The first-order valence-electron chi connectivity index (χ1n) is 6.74. The van der Waals surface area contributed by atoms with E-state index in [1.54, 1.807) is 24.5 Å². The lowest BCUT2D eigenvalue weighted by atomic mass is 10.1. The summed E-state index contributed by atoms with van der Waals surface area (Å²) in [4.78, 5) is 3.97. The average molecular weight is 274 g/mol. The van der Waals surface area contributed by atoms with Crippen molar-refractivity contribution < 1.29 is 9.13 Å². The summed E-state index contributed by atoms with van der Waals surface area (Å²) in [6.07, 6.45) is 5.23. The van der Waals surface area contributed by atoms with Crippen LogP contribution in [-0.4, -0.2) is 11.6 Å². The van der Waals surface area contributed by atoms with Crippen molar-refractivity contribution in [1.29, 1.82) is 0 Å². The predicted molar refractivity (Wildman–Crippen MR) is 77.1 cm³/mol. The number of pyridine rings is 1. The first kappa shape index (κ1) is 14.5. The number of ether oxygens (including phenoxy) is 1. The maximum absolute atomic E-state index is 13.8.